The van der Waals surface area contributed by atoms with Crippen LogP contribution in [-0.2, 0) is 28.8 Å². The third kappa shape index (κ3) is 12.4. The molecule has 4 fully saturated rings. The summed E-state index contributed by atoms with van der Waals surface area (Å²) in [6.07, 6.45) is 14.4. The van der Waals surface area contributed by atoms with Crippen LogP contribution in [0.1, 0.15) is 116 Å². The van der Waals surface area contributed by atoms with Gasteiger partial charge in [0.15, 0.2) is 0 Å². The van der Waals surface area contributed by atoms with Crippen molar-refractivity contribution in [2.75, 3.05) is 35.2 Å². The normalized spacial score (nSPS) is 26.7. The third-order valence-corrected chi connectivity index (χ3v) is 12.8. The minimum absolute atomic E-state index is 0.00538. The van der Waals surface area contributed by atoms with Crippen molar-refractivity contribution in [1.29, 1.82) is 0 Å². The van der Waals surface area contributed by atoms with E-state index in [0.717, 1.165) is 88.2 Å². The zero-order valence-electron chi connectivity index (χ0n) is 36.2. The molecule has 0 aromatic carbocycles. The fourth-order valence-corrected chi connectivity index (χ4v) is 9.60. The average Bonchev–Trinajstić information content (AvgIpc) is 3.20. The number of anilines is 4. The standard InChI is InChI=1S/2C22H33N5O3/c2*1-13-4-9-19(16-5-7-17(8-6-16)25-15(3)28)27(12-13)22(30)21(29)26-18-10-14(2)20(23)24-11-18/h2*10-11,13,16-17,19H,4-9,12H2,1-3H3,(H2,23,24)(H,25,28)(H,26,29)/t2*13-,16?,17?,19+/m10/s1. The number of pyridine rings is 2. The molecule has 60 heavy (non-hydrogen) atoms. The van der Waals surface area contributed by atoms with Crippen LogP contribution in [0.15, 0.2) is 24.5 Å². The number of rotatable bonds is 6. The number of amides is 6. The SMILES string of the molecule is CC(=O)NC1CCC([C@@H]2CC[C@@H](C)CN2C(=O)C(=O)Nc2cnc(N)c(C)c2)CC1.CC(=O)NC1CCC([C@H]2CC[C@H](C)CN2C(=O)C(=O)Nc2cnc(N)c(C)c2)CC1. The summed E-state index contributed by atoms with van der Waals surface area (Å²) in [7, 11) is 0. The fraction of sp³-hybridized carbons (Fsp3) is 0.636. The lowest BCUT2D eigenvalue weighted by atomic mass is 9.77. The van der Waals surface area contributed by atoms with E-state index in [-0.39, 0.29) is 36.0 Å². The largest absolute Gasteiger partial charge is 0.383 e. The minimum atomic E-state index is -0.632. The highest BCUT2D eigenvalue weighted by Gasteiger charge is 2.40. The van der Waals surface area contributed by atoms with Gasteiger partial charge in [0.25, 0.3) is 0 Å². The molecule has 2 aliphatic carbocycles. The van der Waals surface area contributed by atoms with Crippen LogP contribution < -0.4 is 32.7 Å². The quantitative estimate of drug-likeness (QED) is 0.224. The molecule has 2 saturated heterocycles. The number of hydrogen-bond donors (Lipinski definition) is 6. The number of aromatic nitrogens is 2. The van der Waals surface area contributed by atoms with Gasteiger partial charge in [-0.15, -0.1) is 0 Å². The van der Waals surface area contributed by atoms with Crippen LogP contribution in [0.2, 0.25) is 0 Å². The van der Waals surface area contributed by atoms with E-state index in [4.69, 9.17) is 11.5 Å². The maximum Gasteiger partial charge on any atom is 0.313 e. The highest BCUT2D eigenvalue weighted by Crippen LogP contribution is 2.37. The van der Waals surface area contributed by atoms with Crippen molar-refractivity contribution in [3.63, 3.8) is 0 Å². The third-order valence-electron chi connectivity index (χ3n) is 12.8. The van der Waals surface area contributed by atoms with Crippen molar-refractivity contribution in [3.05, 3.63) is 35.7 Å². The molecule has 6 amide bonds. The van der Waals surface area contributed by atoms with Crippen molar-refractivity contribution >= 4 is 58.5 Å². The van der Waals surface area contributed by atoms with E-state index in [1.54, 1.807) is 49.6 Å². The summed E-state index contributed by atoms with van der Waals surface area (Å²) >= 11 is 0. The summed E-state index contributed by atoms with van der Waals surface area (Å²) in [4.78, 5) is 85.8. The summed E-state index contributed by atoms with van der Waals surface area (Å²) in [5.74, 6) is 0.0477. The Labute approximate surface area is 354 Å². The molecule has 0 bridgehead atoms. The van der Waals surface area contributed by atoms with Crippen LogP contribution in [-0.4, -0.2) is 92.5 Å². The number of carbonyl (C=O) groups excluding carboxylic acids is 6. The van der Waals surface area contributed by atoms with Gasteiger partial charge >= 0.3 is 23.6 Å². The Morgan fingerprint density at radius 2 is 0.917 bits per heavy atom. The first-order valence-electron chi connectivity index (χ1n) is 21.7. The number of hydrogen-bond acceptors (Lipinski definition) is 10. The molecule has 2 aliphatic heterocycles. The second-order valence-electron chi connectivity index (χ2n) is 17.8. The van der Waals surface area contributed by atoms with Crippen molar-refractivity contribution in [2.45, 2.75) is 143 Å². The number of carbonyl (C=O) groups is 6. The van der Waals surface area contributed by atoms with Gasteiger partial charge < -0.3 is 42.5 Å². The Morgan fingerprint density at radius 1 is 0.567 bits per heavy atom. The van der Waals surface area contributed by atoms with Gasteiger partial charge in [0, 0.05) is 51.1 Å². The highest BCUT2D eigenvalue weighted by atomic mass is 16.2. The maximum absolute atomic E-state index is 13.1. The van der Waals surface area contributed by atoms with E-state index in [0.29, 0.717) is 59.8 Å². The Morgan fingerprint density at radius 3 is 1.23 bits per heavy atom. The summed E-state index contributed by atoms with van der Waals surface area (Å²) in [6, 6.07) is 4.01. The Kier molecular flexibility index (Phi) is 15.9. The van der Waals surface area contributed by atoms with E-state index in [1.807, 2.05) is 0 Å². The van der Waals surface area contributed by atoms with Gasteiger partial charge in [-0.3, -0.25) is 28.8 Å². The molecule has 16 nitrogen and oxygen atoms in total. The van der Waals surface area contributed by atoms with E-state index in [2.05, 4.69) is 45.1 Å². The summed E-state index contributed by atoms with van der Waals surface area (Å²) < 4.78 is 0. The molecule has 4 atom stereocenters. The lowest BCUT2D eigenvalue weighted by Gasteiger charge is -2.44. The molecule has 0 radical (unpaired) electrons. The van der Waals surface area contributed by atoms with Crippen LogP contribution in [0.25, 0.3) is 0 Å². The Hall–Kier alpha value is -5.28. The predicted octanol–water partition coefficient (Wildman–Crippen LogP) is 4.47. The van der Waals surface area contributed by atoms with Crippen LogP contribution in [0.4, 0.5) is 23.0 Å². The van der Waals surface area contributed by atoms with E-state index in [1.165, 1.54) is 12.4 Å². The highest BCUT2D eigenvalue weighted by molar-refractivity contribution is 6.40. The van der Waals surface area contributed by atoms with Gasteiger partial charge in [-0.1, -0.05) is 13.8 Å². The van der Waals surface area contributed by atoms with Crippen molar-refractivity contribution < 1.29 is 28.8 Å². The topological polar surface area (TPSA) is 235 Å². The van der Waals surface area contributed by atoms with Gasteiger partial charge in [0.05, 0.1) is 23.8 Å². The van der Waals surface area contributed by atoms with Crippen molar-refractivity contribution in [2.24, 2.45) is 23.7 Å². The molecule has 0 spiro atoms. The molecule has 2 saturated carbocycles. The predicted molar refractivity (Wildman–Crippen MR) is 231 cm³/mol. The van der Waals surface area contributed by atoms with Crippen LogP contribution in [0.5, 0.6) is 0 Å². The van der Waals surface area contributed by atoms with Gasteiger partial charge in [0.1, 0.15) is 11.6 Å². The number of nitrogens with two attached hydrogens (primary N) is 2. The van der Waals surface area contributed by atoms with Gasteiger partial charge in [-0.25, -0.2) is 9.97 Å². The number of likely N-dealkylation sites (tertiary alicyclic amines) is 2. The molecule has 2 aromatic rings. The van der Waals surface area contributed by atoms with Gasteiger partial charge in [0.2, 0.25) is 11.8 Å². The number of piperidine rings is 2. The minimum Gasteiger partial charge on any atom is -0.383 e. The first-order chi connectivity index (χ1) is 28.5. The average molecular weight is 831 g/mol. The van der Waals surface area contributed by atoms with Crippen molar-refractivity contribution in [3.8, 4) is 0 Å². The molecule has 6 rings (SSSR count). The lowest BCUT2D eigenvalue weighted by molar-refractivity contribution is -0.148. The van der Waals surface area contributed by atoms with E-state index in [9.17, 15) is 28.8 Å². The molecule has 4 aliphatic rings. The molecule has 0 unspecified atom stereocenters. The van der Waals surface area contributed by atoms with Crippen molar-refractivity contribution in [1.82, 2.24) is 30.4 Å². The smallest absolute Gasteiger partial charge is 0.313 e. The fourth-order valence-electron chi connectivity index (χ4n) is 9.60. The maximum atomic E-state index is 13.1. The number of nitrogens with zero attached hydrogens (tertiary/aromatic N) is 4. The Balaban J connectivity index is 0.000000228. The van der Waals surface area contributed by atoms with Crippen LogP contribution in [0.3, 0.4) is 0 Å². The second-order valence-corrected chi connectivity index (χ2v) is 17.8. The summed E-state index contributed by atoms with van der Waals surface area (Å²) in [5.41, 5.74) is 13.9. The molecular formula is C44H66N10O6. The van der Waals surface area contributed by atoms with Gasteiger partial charge in [-0.2, -0.15) is 0 Å². The molecule has 4 heterocycles. The Bertz CT molecular complexity index is 1740. The van der Waals surface area contributed by atoms with E-state index < -0.39 is 23.6 Å². The number of nitrogens with one attached hydrogen (secondary N) is 4. The molecule has 2 aromatic heterocycles. The monoisotopic (exact) mass is 831 g/mol. The van der Waals surface area contributed by atoms with Gasteiger partial charge in [-0.05, 0) is 138 Å². The number of aryl methyl sites for hydroxylation is 2. The van der Waals surface area contributed by atoms with Crippen LogP contribution >= 0.6 is 0 Å². The molecule has 8 N–H and O–H groups in total. The molecular weight excluding hydrogens is 765 g/mol. The zero-order chi connectivity index (χ0) is 43.7. The number of nitrogen functional groups attached to an aromatic ring is 2. The van der Waals surface area contributed by atoms with E-state index >= 15 is 0 Å². The first kappa shape index (κ1) is 45.8. The lowest BCUT2D eigenvalue weighted by Crippen LogP contribution is -2.54. The zero-order valence-corrected chi connectivity index (χ0v) is 36.2. The molecule has 16 heteroatoms. The summed E-state index contributed by atoms with van der Waals surface area (Å²) in [5, 5.41) is 11.4. The molecule has 328 valence electrons. The first-order valence-corrected chi connectivity index (χ1v) is 21.7. The summed E-state index contributed by atoms with van der Waals surface area (Å²) in [6.45, 7) is 12.1. The van der Waals surface area contributed by atoms with Crippen LogP contribution in [0, 0.1) is 37.5 Å². The second kappa shape index (κ2) is 20.8.